The molecule has 5 heteroatoms. The summed E-state index contributed by atoms with van der Waals surface area (Å²) in [5.74, 6) is 0. The second-order valence-electron chi connectivity index (χ2n) is 0. The van der Waals surface area contributed by atoms with Crippen molar-refractivity contribution in [3.05, 3.63) is 0 Å². The maximum Gasteiger partial charge on any atom is 0.106 e. The predicted molar refractivity (Wildman–Crippen MR) is 28.5 cm³/mol. The minimum Gasteiger partial charge on any atom is -0.307 e. The first-order valence-electron chi connectivity index (χ1n) is 1.15. The van der Waals surface area contributed by atoms with E-state index < -0.39 is 0 Å². The number of carbonyl (C=O) groups is 4. The van der Waals surface area contributed by atoms with Gasteiger partial charge in [-0.15, -0.1) is 0 Å². The van der Waals surface area contributed by atoms with E-state index in [2.05, 4.69) is 0 Å². The Bertz CT molecular complexity index is 20.5. The Morgan fingerprint density at radius 3 is 0.444 bits per heavy atom. The average Bonchev–Trinajstić information content (AvgIpc) is 2.03. The molecule has 0 aliphatic rings. The van der Waals surface area contributed by atoms with E-state index in [1.54, 1.807) is 0 Å². The quantitative estimate of drug-likeness (QED) is 0.491. The maximum atomic E-state index is 8.00. The summed E-state index contributed by atoms with van der Waals surface area (Å²) < 4.78 is 0. The van der Waals surface area contributed by atoms with Crippen LogP contribution in [-0.2, 0) is 36.0 Å². The molecule has 0 atom stereocenters. The van der Waals surface area contributed by atoms with Crippen LogP contribution in [0.2, 0.25) is 0 Å². The van der Waals surface area contributed by atoms with Crippen LogP contribution in [0.1, 0.15) is 0 Å². The molecule has 0 bridgehead atoms. The van der Waals surface area contributed by atoms with E-state index in [-0.39, 0.29) is 16.8 Å². The van der Waals surface area contributed by atoms with Gasteiger partial charge in [-0.25, -0.2) is 0 Å². The third-order valence-electron chi connectivity index (χ3n) is 0. The summed E-state index contributed by atoms with van der Waals surface area (Å²) in [5.41, 5.74) is 0. The number of hydrogen-bond donors (Lipinski definition) is 0. The summed E-state index contributed by atoms with van der Waals surface area (Å²) in [6, 6.07) is 0. The molecule has 1 radical (unpaired) electrons. The fraction of sp³-hybridized carbons (Fsp3) is 0. The molecule has 57 valence electrons. The smallest absolute Gasteiger partial charge is 0.106 e. The van der Waals surface area contributed by atoms with Crippen LogP contribution >= 0.6 is 0 Å². The van der Waals surface area contributed by atoms with Gasteiger partial charge in [0.25, 0.3) is 0 Å². The minimum absolute atomic E-state index is 0. The molecule has 0 spiro atoms. The Hall–Kier alpha value is -0.814. The molecule has 0 saturated heterocycles. The fourth-order valence-electron chi connectivity index (χ4n) is 0. The first kappa shape index (κ1) is 41.6. The van der Waals surface area contributed by atoms with Gasteiger partial charge in [-0.05, 0) is 0 Å². The molecule has 0 aromatic carbocycles. The standard InChI is InChI=1S/4CH2O.Co/c4*1-2;/h4*1H2;. The van der Waals surface area contributed by atoms with Crippen LogP contribution in [0.3, 0.4) is 0 Å². The zero-order valence-corrected chi connectivity index (χ0v) is 5.84. The van der Waals surface area contributed by atoms with Gasteiger partial charge < -0.3 is 19.2 Å². The van der Waals surface area contributed by atoms with E-state index in [1.165, 1.54) is 0 Å². The SMILES string of the molecule is C=O.C=O.C=O.C=O.[Co]. The third-order valence-corrected chi connectivity index (χ3v) is 0. The summed E-state index contributed by atoms with van der Waals surface area (Å²) >= 11 is 0. The summed E-state index contributed by atoms with van der Waals surface area (Å²) in [7, 11) is 0. The Balaban J connectivity index is -0.00000000762. The Kier molecular flexibility index (Phi) is 1920. The average molecular weight is 179 g/mol. The number of carbonyl (C=O) groups excluding carboxylic acids is 4. The molecule has 0 aliphatic heterocycles. The van der Waals surface area contributed by atoms with Crippen molar-refractivity contribution in [3.8, 4) is 0 Å². The Morgan fingerprint density at radius 2 is 0.444 bits per heavy atom. The van der Waals surface area contributed by atoms with Crippen LogP contribution in [0.25, 0.3) is 0 Å². The monoisotopic (exact) mass is 179 g/mol. The van der Waals surface area contributed by atoms with Crippen LogP contribution in [-0.4, -0.2) is 27.2 Å². The molecule has 0 aliphatic carbocycles. The summed E-state index contributed by atoms with van der Waals surface area (Å²) in [5, 5.41) is 0. The minimum atomic E-state index is 0. The molecule has 0 saturated carbocycles. The largest absolute Gasteiger partial charge is 0.307 e. The van der Waals surface area contributed by atoms with Crippen LogP contribution < -0.4 is 0 Å². The van der Waals surface area contributed by atoms with Gasteiger partial charge >= 0.3 is 0 Å². The van der Waals surface area contributed by atoms with E-state index in [1.807, 2.05) is 27.2 Å². The van der Waals surface area contributed by atoms with Crippen molar-refractivity contribution in [2.24, 2.45) is 0 Å². The molecule has 9 heavy (non-hydrogen) atoms. The van der Waals surface area contributed by atoms with Gasteiger partial charge in [-0.1, -0.05) is 0 Å². The molecule has 0 aromatic heterocycles. The maximum absolute atomic E-state index is 8.00. The second-order valence-corrected chi connectivity index (χ2v) is 0. The molecule has 0 rings (SSSR count). The van der Waals surface area contributed by atoms with E-state index in [4.69, 9.17) is 19.2 Å². The third kappa shape index (κ3) is 292. The van der Waals surface area contributed by atoms with Crippen molar-refractivity contribution in [3.63, 3.8) is 0 Å². The molecule has 0 unspecified atom stereocenters. The van der Waals surface area contributed by atoms with Gasteiger partial charge in [0.15, 0.2) is 0 Å². The van der Waals surface area contributed by atoms with E-state index in [0.29, 0.717) is 0 Å². The zero-order valence-electron chi connectivity index (χ0n) is 4.79. The van der Waals surface area contributed by atoms with Gasteiger partial charge in [-0.3, -0.25) is 0 Å². The van der Waals surface area contributed by atoms with E-state index in [0.717, 1.165) is 0 Å². The van der Waals surface area contributed by atoms with Gasteiger partial charge in [0.1, 0.15) is 27.2 Å². The fourth-order valence-corrected chi connectivity index (χ4v) is 0. The summed E-state index contributed by atoms with van der Waals surface area (Å²) in [4.78, 5) is 32.0. The van der Waals surface area contributed by atoms with Crippen molar-refractivity contribution >= 4 is 27.2 Å². The predicted octanol–water partition coefficient (Wildman–Crippen LogP) is -0.742. The first-order valence-corrected chi connectivity index (χ1v) is 1.15. The zero-order chi connectivity index (χ0) is 8.00. The molecule has 0 heterocycles. The number of rotatable bonds is 0. The van der Waals surface area contributed by atoms with Gasteiger partial charge in [0, 0.05) is 16.8 Å². The van der Waals surface area contributed by atoms with Crippen molar-refractivity contribution in [1.82, 2.24) is 0 Å². The molecule has 0 amide bonds. The van der Waals surface area contributed by atoms with Crippen molar-refractivity contribution in [2.45, 2.75) is 0 Å². The topological polar surface area (TPSA) is 68.3 Å². The molecular weight excluding hydrogens is 171 g/mol. The van der Waals surface area contributed by atoms with Gasteiger partial charge in [0.2, 0.25) is 0 Å². The Morgan fingerprint density at radius 1 is 0.444 bits per heavy atom. The van der Waals surface area contributed by atoms with E-state index >= 15 is 0 Å². The summed E-state index contributed by atoms with van der Waals surface area (Å²) in [6.45, 7) is 8.00. The Labute approximate surface area is 63.8 Å². The molecule has 0 N–H and O–H groups in total. The second kappa shape index (κ2) is 416. The number of hydrogen-bond acceptors (Lipinski definition) is 4. The molecule has 0 aromatic rings. The van der Waals surface area contributed by atoms with Crippen LogP contribution in [0.4, 0.5) is 0 Å². The van der Waals surface area contributed by atoms with Gasteiger partial charge in [-0.2, -0.15) is 0 Å². The van der Waals surface area contributed by atoms with Crippen molar-refractivity contribution in [1.29, 1.82) is 0 Å². The van der Waals surface area contributed by atoms with Crippen LogP contribution in [0.5, 0.6) is 0 Å². The van der Waals surface area contributed by atoms with Crippen molar-refractivity contribution in [2.75, 3.05) is 0 Å². The van der Waals surface area contributed by atoms with Crippen LogP contribution in [0, 0.1) is 0 Å². The van der Waals surface area contributed by atoms with E-state index in [9.17, 15) is 0 Å². The molecule has 4 nitrogen and oxygen atoms in total. The normalized spacial score (nSPS) is 1.78. The molecular formula is C4H8CoO4. The summed E-state index contributed by atoms with van der Waals surface area (Å²) in [6.07, 6.45) is 0. The van der Waals surface area contributed by atoms with Gasteiger partial charge in [0.05, 0.1) is 0 Å². The first-order chi connectivity index (χ1) is 4.00. The van der Waals surface area contributed by atoms with Crippen molar-refractivity contribution < 1.29 is 36.0 Å². The van der Waals surface area contributed by atoms with Crippen LogP contribution in [0.15, 0.2) is 0 Å². The molecule has 0 fully saturated rings.